The van der Waals surface area contributed by atoms with Gasteiger partial charge in [0, 0.05) is 11.9 Å². The van der Waals surface area contributed by atoms with Gasteiger partial charge in [-0.1, -0.05) is 11.8 Å². The van der Waals surface area contributed by atoms with E-state index in [1.54, 1.807) is 24.3 Å². The van der Waals surface area contributed by atoms with E-state index < -0.39 is 0 Å². The molecule has 3 aromatic rings. The Morgan fingerprint density at radius 3 is 3.12 bits per heavy atom. The van der Waals surface area contributed by atoms with Gasteiger partial charge in [-0.15, -0.1) is 0 Å². The lowest BCUT2D eigenvalue weighted by Crippen LogP contribution is -1.90. The maximum Gasteiger partial charge on any atom is 0.181 e. The van der Waals surface area contributed by atoms with Crippen LogP contribution in [0, 0.1) is 0 Å². The van der Waals surface area contributed by atoms with Crippen molar-refractivity contribution >= 4 is 22.9 Å². The van der Waals surface area contributed by atoms with Gasteiger partial charge in [0.15, 0.2) is 5.65 Å². The molecule has 0 saturated carbocycles. The van der Waals surface area contributed by atoms with Crippen LogP contribution in [-0.2, 0) is 5.75 Å². The molecular weight excluding hydrogens is 236 g/mol. The third-order valence-corrected chi connectivity index (χ3v) is 3.20. The molecule has 0 radical (unpaired) electrons. The summed E-state index contributed by atoms with van der Waals surface area (Å²) in [7, 11) is 0. The Morgan fingerprint density at radius 2 is 2.24 bits per heavy atom. The fourth-order valence-corrected chi connectivity index (χ4v) is 2.26. The number of H-pyrrole nitrogens is 1. The highest BCUT2D eigenvalue weighted by molar-refractivity contribution is 7.98. The molecule has 0 aliphatic carbocycles. The molecule has 0 aromatic carbocycles. The molecule has 3 aromatic heterocycles. The monoisotopic (exact) mass is 244 g/mol. The van der Waals surface area contributed by atoms with Crippen LogP contribution in [0.1, 0.15) is 5.69 Å². The van der Waals surface area contributed by atoms with Crippen molar-refractivity contribution < 1.29 is 0 Å². The van der Waals surface area contributed by atoms with Gasteiger partial charge in [0.2, 0.25) is 0 Å². The minimum atomic E-state index is 0.682. The maximum absolute atomic E-state index is 4.23. The first kappa shape index (κ1) is 10.2. The summed E-state index contributed by atoms with van der Waals surface area (Å²) in [6.45, 7) is 0. The van der Waals surface area contributed by atoms with E-state index in [-0.39, 0.29) is 0 Å². The fraction of sp³-hybridized carbons (Fsp3) is 0.100. The zero-order valence-corrected chi connectivity index (χ0v) is 9.55. The van der Waals surface area contributed by atoms with Gasteiger partial charge in [-0.25, -0.2) is 15.0 Å². The summed E-state index contributed by atoms with van der Waals surface area (Å²) in [5.41, 5.74) is 2.46. The third kappa shape index (κ3) is 2.09. The molecule has 0 atom stereocenters. The Kier molecular flexibility index (Phi) is 2.66. The molecule has 1 N–H and O–H groups in total. The second-order valence-corrected chi connectivity index (χ2v) is 4.25. The van der Waals surface area contributed by atoms with Gasteiger partial charge in [-0.3, -0.25) is 0 Å². The van der Waals surface area contributed by atoms with Crippen molar-refractivity contribution in [3.63, 3.8) is 0 Å². The molecule has 0 saturated heterocycles. The fourth-order valence-electron chi connectivity index (χ4n) is 1.41. The summed E-state index contributed by atoms with van der Waals surface area (Å²) in [6.07, 6.45) is 4.79. The highest BCUT2D eigenvalue weighted by atomic mass is 32.2. The quantitative estimate of drug-likeness (QED) is 0.554. The standard InChI is InChI=1S/C10H8N6S/c1-2-7(16-15-3-1)4-17-10-8-9(12-5-11-8)13-6-14-10/h1-3,5-6H,4H2,(H,11,12,13,14). The predicted octanol–water partition coefficient (Wildman–Crippen LogP) is 1.44. The molecule has 0 bridgehead atoms. The number of thioether (sulfide) groups is 1. The number of imidazole rings is 1. The van der Waals surface area contributed by atoms with E-state index in [1.165, 1.54) is 6.33 Å². The number of rotatable bonds is 3. The van der Waals surface area contributed by atoms with E-state index in [9.17, 15) is 0 Å². The van der Waals surface area contributed by atoms with Crippen LogP contribution < -0.4 is 0 Å². The summed E-state index contributed by atoms with van der Waals surface area (Å²) in [5, 5.41) is 8.73. The summed E-state index contributed by atoms with van der Waals surface area (Å²) >= 11 is 1.58. The van der Waals surface area contributed by atoms with Crippen LogP contribution in [0.15, 0.2) is 36.0 Å². The normalized spacial score (nSPS) is 10.8. The lowest BCUT2D eigenvalue weighted by Gasteiger charge is -2.00. The van der Waals surface area contributed by atoms with Crippen molar-refractivity contribution in [3.05, 3.63) is 36.7 Å². The highest BCUT2D eigenvalue weighted by Crippen LogP contribution is 2.24. The number of nitrogens with zero attached hydrogens (tertiary/aromatic N) is 5. The van der Waals surface area contributed by atoms with E-state index in [0.717, 1.165) is 22.0 Å². The topological polar surface area (TPSA) is 80.2 Å². The maximum atomic E-state index is 4.23. The van der Waals surface area contributed by atoms with E-state index >= 15 is 0 Å². The lowest BCUT2D eigenvalue weighted by molar-refractivity contribution is 0.969. The molecule has 84 valence electrons. The summed E-state index contributed by atoms with van der Waals surface area (Å²) in [4.78, 5) is 15.4. The van der Waals surface area contributed by atoms with Gasteiger partial charge in [-0.2, -0.15) is 10.2 Å². The van der Waals surface area contributed by atoms with Gasteiger partial charge < -0.3 is 4.98 Å². The summed E-state index contributed by atoms with van der Waals surface area (Å²) in [6, 6.07) is 3.81. The van der Waals surface area contributed by atoms with Crippen LogP contribution >= 0.6 is 11.8 Å². The van der Waals surface area contributed by atoms with Gasteiger partial charge in [0.05, 0.1) is 12.0 Å². The average Bonchev–Trinajstić information content (AvgIpc) is 2.86. The zero-order valence-electron chi connectivity index (χ0n) is 8.74. The number of nitrogens with one attached hydrogen (secondary N) is 1. The molecule has 6 nitrogen and oxygen atoms in total. The van der Waals surface area contributed by atoms with Crippen LogP contribution in [-0.4, -0.2) is 30.1 Å². The Morgan fingerprint density at radius 1 is 1.24 bits per heavy atom. The van der Waals surface area contributed by atoms with Gasteiger partial charge in [0.1, 0.15) is 16.9 Å². The van der Waals surface area contributed by atoms with Crippen molar-refractivity contribution in [2.75, 3.05) is 0 Å². The lowest BCUT2D eigenvalue weighted by atomic mass is 10.4. The van der Waals surface area contributed by atoms with E-state index in [1.807, 2.05) is 12.1 Å². The Labute approximate surface area is 101 Å². The third-order valence-electron chi connectivity index (χ3n) is 2.17. The van der Waals surface area contributed by atoms with Crippen molar-refractivity contribution in [1.82, 2.24) is 30.1 Å². The van der Waals surface area contributed by atoms with Crippen LogP contribution in [0.5, 0.6) is 0 Å². The van der Waals surface area contributed by atoms with Crippen LogP contribution in [0.4, 0.5) is 0 Å². The van der Waals surface area contributed by atoms with Crippen LogP contribution in [0.3, 0.4) is 0 Å². The van der Waals surface area contributed by atoms with Gasteiger partial charge >= 0.3 is 0 Å². The van der Waals surface area contributed by atoms with Crippen molar-refractivity contribution in [2.45, 2.75) is 10.8 Å². The molecule has 0 unspecified atom stereocenters. The Balaban J connectivity index is 1.84. The van der Waals surface area contributed by atoms with Gasteiger partial charge in [-0.05, 0) is 12.1 Å². The molecule has 0 aliphatic rings. The first-order valence-electron chi connectivity index (χ1n) is 4.97. The number of aromatic nitrogens is 6. The van der Waals surface area contributed by atoms with Crippen LogP contribution in [0.25, 0.3) is 11.2 Å². The Bertz CT molecular complexity index is 623. The molecule has 17 heavy (non-hydrogen) atoms. The van der Waals surface area contributed by atoms with Crippen molar-refractivity contribution in [2.24, 2.45) is 0 Å². The second kappa shape index (κ2) is 4.46. The molecule has 3 rings (SSSR count). The van der Waals surface area contributed by atoms with Gasteiger partial charge in [0.25, 0.3) is 0 Å². The van der Waals surface area contributed by atoms with Crippen molar-refractivity contribution in [1.29, 1.82) is 0 Å². The van der Waals surface area contributed by atoms with E-state index in [4.69, 9.17) is 0 Å². The first-order chi connectivity index (χ1) is 8.43. The molecule has 0 spiro atoms. The largest absolute Gasteiger partial charge is 0.341 e. The zero-order chi connectivity index (χ0) is 11.5. The molecular formula is C10H8N6S. The number of aromatic amines is 1. The smallest absolute Gasteiger partial charge is 0.181 e. The molecule has 0 fully saturated rings. The molecule has 3 heterocycles. The number of fused-ring (bicyclic) bond motifs is 1. The van der Waals surface area contributed by atoms with Crippen LogP contribution in [0.2, 0.25) is 0 Å². The molecule has 0 aliphatic heterocycles. The summed E-state index contributed by atoms with van der Waals surface area (Å²) < 4.78 is 0. The molecule has 7 heteroatoms. The average molecular weight is 244 g/mol. The second-order valence-electron chi connectivity index (χ2n) is 3.28. The predicted molar refractivity (Wildman–Crippen MR) is 63.3 cm³/mol. The summed E-state index contributed by atoms with van der Waals surface area (Å²) in [5.74, 6) is 0.721. The van der Waals surface area contributed by atoms with E-state index in [0.29, 0.717) is 5.65 Å². The first-order valence-corrected chi connectivity index (χ1v) is 5.95. The Hall–Kier alpha value is -2.02. The van der Waals surface area contributed by atoms with Crippen molar-refractivity contribution in [3.8, 4) is 0 Å². The number of hydrogen-bond acceptors (Lipinski definition) is 6. The highest BCUT2D eigenvalue weighted by Gasteiger charge is 2.06. The minimum Gasteiger partial charge on any atom is -0.341 e. The minimum absolute atomic E-state index is 0.682. The van der Waals surface area contributed by atoms with E-state index in [2.05, 4.69) is 30.1 Å². The molecule has 0 amide bonds. The number of hydrogen-bond donors (Lipinski definition) is 1. The SMILES string of the molecule is c1cnnc(CSc2ncnc3nc[nH]c23)c1.